The Hall–Kier alpha value is -2.93. The van der Waals surface area contributed by atoms with Gasteiger partial charge in [0.25, 0.3) is 5.92 Å². The highest BCUT2D eigenvalue weighted by Gasteiger charge is 2.61. The lowest BCUT2D eigenvalue weighted by atomic mass is 9.71. The summed E-state index contributed by atoms with van der Waals surface area (Å²) < 4.78 is 30.3. The van der Waals surface area contributed by atoms with Crippen LogP contribution in [0.5, 0.6) is 0 Å². The molecule has 0 spiro atoms. The van der Waals surface area contributed by atoms with E-state index in [1.807, 2.05) is 19.9 Å². The maximum Gasteiger partial charge on any atom is 0.255 e. The van der Waals surface area contributed by atoms with Crippen LogP contribution in [0.15, 0.2) is 24.3 Å². The number of alkyl halides is 2. The number of fused-ring (bicyclic) bond motifs is 3. The van der Waals surface area contributed by atoms with Crippen LogP contribution < -0.4 is 16.0 Å². The van der Waals surface area contributed by atoms with Gasteiger partial charge in [0.15, 0.2) is 0 Å². The van der Waals surface area contributed by atoms with Crippen molar-refractivity contribution in [2.24, 2.45) is 17.8 Å². The second-order valence-electron chi connectivity index (χ2n) is 11.4. The number of nitrogens with one attached hydrogen (secondary N) is 3. The van der Waals surface area contributed by atoms with Gasteiger partial charge in [0, 0.05) is 35.6 Å². The first-order valence-electron chi connectivity index (χ1n) is 13.7. The molecule has 1 aliphatic carbocycles. The first-order chi connectivity index (χ1) is 18.5. The van der Waals surface area contributed by atoms with E-state index in [0.29, 0.717) is 36.5 Å². The zero-order chi connectivity index (χ0) is 28.3. The first kappa shape index (κ1) is 29.1. The molecule has 11 heteroatoms. The summed E-state index contributed by atoms with van der Waals surface area (Å²) in [6, 6.07) is 4.91. The number of nitriles is 1. The highest BCUT2D eigenvalue weighted by molar-refractivity contribution is 6.30. The minimum atomic E-state index is -3.11. The summed E-state index contributed by atoms with van der Waals surface area (Å²) in [6.07, 6.45) is 1.85. The number of benzene rings is 1. The van der Waals surface area contributed by atoms with Crippen molar-refractivity contribution in [3.63, 3.8) is 0 Å². The molecule has 2 bridgehead atoms. The largest absolute Gasteiger partial charge is 0.374 e. The predicted molar refractivity (Wildman–Crippen MR) is 143 cm³/mol. The average Bonchev–Trinajstić information content (AvgIpc) is 2.87. The van der Waals surface area contributed by atoms with Crippen LogP contribution in [0.4, 0.5) is 14.5 Å². The Balaban J connectivity index is 1.58. The Bertz CT molecular complexity index is 1130. The fraction of sp³-hybridized carbons (Fsp3) is 0.643. The van der Waals surface area contributed by atoms with Crippen molar-refractivity contribution >= 4 is 35.0 Å². The van der Waals surface area contributed by atoms with Crippen LogP contribution in [0.3, 0.4) is 0 Å². The SMILES string of the molecule is CC(C)C[C@@H](Nc1cccc(Cl)c1)C(=O)N1[C@H]2CC[C@@H]([C@H]1C(=O)N[C@@H](C#N)C[C@H]1CCCNC1=O)C(F)(F)C2. The molecule has 6 atom stereocenters. The van der Waals surface area contributed by atoms with Gasteiger partial charge >= 0.3 is 0 Å². The molecular formula is C28H36ClF2N5O3. The van der Waals surface area contributed by atoms with E-state index in [9.17, 15) is 19.6 Å². The van der Waals surface area contributed by atoms with Gasteiger partial charge in [-0.1, -0.05) is 31.5 Å². The number of rotatable bonds is 9. The lowest BCUT2D eigenvalue weighted by Gasteiger charge is -2.54. The van der Waals surface area contributed by atoms with Crippen LogP contribution in [0.25, 0.3) is 0 Å². The number of halogens is 3. The molecule has 3 aliphatic heterocycles. The van der Waals surface area contributed by atoms with Crippen LogP contribution in [-0.2, 0) is 14.4 Å². The zero-order valence-corrected chi connectivity index (χ0v) is 23.0. The molecule has 5 rings (SSSR count). The Morgan fingerprint density at radius 2 is 2.05 bits per heavy atom. The van der Waals surface area contributed by atoms with E-state index in [4.69, 9.17) is 11.6 Å². The predicted octanol–water partition coefficient (Wildman–Crippen LogP) is 4.11. The van der Waals surface area contributed by atoms with E-state index in [-0.39, 0.29) is 24.7 Å². The molecule has 3 saturated heterocycles. The number of hydrogen-bond acceptors (Lipinski definition) is 5. The van der Waals surface area contributed by atoms with Crippen molar-refractivity contribution in [1.82, 2.24) is 15.5 Å². The number of carbonyl (C=O) groups excluding carboxylic acids is 3. The van der Waals surface area contributed by atoms with Gasteiger partial charge in [-0.3, -0.25) is 14.4 Å². The van der Waals surface area contributed by atoms with E-state index in [2.05, 4.69) is 16.0 Å². The molecule has 8 nitrogen and oxygen atoms in total. The van der Waals surface area contributed by atoms with Gasteiger partial charge in [-0.05, 0) is 62.6 Å². The minimum Gasteiger partial charge on any atom is -0.374 e. The van der Waals surface area contributed by atoms with Gasteiger partial charge in [0.2, 0.25) is 17.7 Å². The van der Waals surface area contributed by atoms with E-state index >= 15 is 8.78 Å². The molecule has 3 heterocycles. The molecule has 0 aromatic heterocycles. The fourth-order valence-corrected chi connectivity index (χ4v) is 6.41. The van der Waals surface area contributed by atoms with Gasteiger partial charge in [-0.15, -0.1) is 0 Å². The van der Waals surface area contributed by atoms with Crippen LogP contribution in [0.2, 0.25) is 5.02 Å². The molecule has 212 valence electrons. The summed E-state index contributed by atoms with van der Waals surface area (Å²) in [7, 11) is 0. The highest BCUT2D eigenvalue weighted by Crippen LogP contribution is 2.49. The molecule has 1 aromatic rings. The summed E-state index contributed by atoms with van der Waals surface area (Å²) in [5.41, 5.74) is 0.616. The Morgan fingerprint density at radius 1 is 1.28 bits per heavy atom. The highest BCUT2D eigenvalue weighted by atomic mass is 35.5. The molecular weight excluding hydrogens is 528 g/mol. The lowest BCUT2D eigenvalue weighted by molar-refractivity contribution is -0.194. The average molecular weight is 564 g/mol. The monoisotopic (exact) mass is 563 g/mol. The van der Waals surface area contributed by atoms with Gasteiger partial charge in [-0.25, -0.2) is 8.78 Å². The fourth-order valence-electron chi connectivity index (χ4n) is 6.22. The second-order valence-corrected chi connectivity index (χ2v) is 11.8. The summed E-state index contributed by atoms with van der Waals surface area (Å²) in [4.78, 5) is 41.2. The first-order valence-corrected chi connectivity index (χ1v) is 14.1. The lowest BCUT2D eigenvalue weighted by Crippen LogP contribution is -2.70. The molecule has 4 fully saturated rings. The Morgan fingerprint density at radius 3 is 2.69 bits per heavy atom. The number of hydrogen-bond donors (Lipinski definition) is 3. The Kier molecular flexibility index (Phi) is 9.00. The molecule has 39 heavy (non-hydrogen) atoms. The number of piperidine rings is 3. The van der Waals surface area contributed by atoms with Gasteiger partial charge in [-0.2, -0.15) is 5.26 Å². The quantitative estimate of drug-likeness (QED) is 0.418. The standard InChI is InChI=1S/C28H36ClF2N5O3/c1-16(2)11-23(34-19-7-3-6-18(29)13-19)27(39)36-21-8-9-22(28(30,31)14-21)24(36)26(38)35-20(15-32)12-17-5-4-10-33-25(17)37/h3,6-7,13,16-17,20-24,34H,4-5,8-12,14H2,1-2H3,(H,33,37)(H,35,38)/t17-,20-,21+,22+,23-,24+/m1/s1. The van der Waals surface area contributed by atoms with Crippen LogP contribution in [0.1, 0.15) is 58.8 Å². The normalized spacial score (nSPS) is 27.3. The van der Waals surface area contributed by atoms with Gasteiger partial charge < -0.3 is 20.9 Å². The Labute approximate surface area is 232 Å². The van der Waals surface area contributed by atoms with E-state index < -0.39 is 60.2 Å². The van der Waals surface area contributed by atoms with Gasteiger partial charge in [0.05, 0.1) is 12.0 Å². The summed E-state index contributed by atoms with van der Waals surface area (Å²) in [6.45, 7) is 4.48. The zero-order valence-electron chi connectivity index (χ0n) is 22.3. The summed E-state index contributed by atoms with van der Waals surface area (Å²) >= 11 is 6.13. The molecule has 1 saturated carbocycles. The van der Waals surface area contributed by atoms with Crippen molar-refractivity contribution in [2.45, 2.75) is 88.9 Å². The van der Waals surface area contributed by atoms with Crippen LogP contribution in [0, 0.1) is 29.1 Å². The van der Waals surface area contributed by atoms with Gasteiger partial charge in [0.1, 0.15) is 18.1 Å². The van der Waals surface area contributed by atoms with E-state index in [1.165, 1.54) is 4.90 Å². The van der Waals surface area contributed by atoms with Crippen LogP contribution >= 0.6 is 11.6 Å². The summed E-state index contributed by atoms with van der Waals surface area (Å²) in [5, 5.41) is 18.8. The van der Waals surface area contributed by atoms with Crippen molar-refractivity contribution in [2.75, 3.05) is 11.9 Å². The number of amides is 3. The molecule has 3 amide bonds. The maximum atomic E-state index is 15.1. The number of anilines is 1. The second kappa shape index (κ2) is 12.1. The third-order valence-corrected chi connectivity index (χ3v) is 8.26. The molecule has 0 radical (unpaired) electrons. The topological polar surface area (TPSA) is 114 Å². The minimum absolute atomic E-state index is 0.0888. The molecule has 0 unspecified atom stereocenters. The van der Waals surface area contributed by atoms with Crippen molar-refractivity contribution in [1.29, 1.82) is 5.26 Å². The third kappa shape index (κ3) is 6.63. The van der Waals surface area contributed by atoms with E-state index in [1.54, 1.807) is 24.3 Å². The van der Waals surface area contributed by atoms with Crippen molar-refractivity contribution in [3.05, 3.63) is 29.3 Å². The maximum absolute atomic E-state index is 15.1. The number of nitrogens with zero attached hydrogens (tertiary/aromatic N) is 2. The van der Waals surface area contributed by atoms with E-state index in [0.717, 1.165) is 6.42 Å². The van der Waals surface area contributed by atoms with Crippen molar-refractivity contribution < 1.29 is 23.2 Å². The third-order valence-electron chi connectivity index (χ3n) is 8.02. The molecule has 1 aromatic carbocycles. The molecule has 4 aliphatic rings. The summed E-state index contributed by atoms with van der Waals surface area (Å²) in [5.74, 6) is -6.18. The number of carbonyl (C=O) groups is 3. The van der Waals surface area contributed by atoms with Crippen LogP contribution in [-0.4, -0.2) is 59.3 Å². The molecule has 3 N–H and O–H groups in total. The smallest absolute Gasteiger partial charge is 0.255 e. The van der Waals surface area contributed by atoms with Crippen molar-refractivity contribution in [3.8, 4) is 6.07 Å².